The summed E-state index contributed by atoms with van der Waals surface area (Å²) in [6.07, 6.45) is -4.80. The zero-order chi connectivity index (χ0) is 31.2. The molecule has 0 radical (unpaired) electrons. The fourth-order valence-corrected chi connectivity index (χ4v) is 8.19. The number of H-pyrrole nitrogens is 1. The number of thioether (sulfide) groups is 1. The highest BCUT2D eigenvalue weighted by Crippen LogP contribution is 2.54. The molecule has 3 aromatic rings. The number of nitrogens with one attached hydrogen (secondary N) is 1. The lowest BCUT2D eigenvalue weighted by Crippen LogP contribution is -2.43. The van der Waals surface area contributed by atoms with Crippen molar-refractivity contribution in [3.8, 4) is 11.5 Å². The van der Waals surface area contributed by atoms with Crippen molar-refractivity contribution in [1.82, 2.24) is 9.88 Å². The van der Waals surface area contributed by atoms with Gasteiger partial charge < -0.3 is 24.1 Å². The zero-order valence-electron chi connectivity index (χ0n) is 23.2. The maximum absolute atomic E-state index is 14.0. The van der Waals surface area contributed by atoms with E-state index in [0.717, 1.165) is 35.2 Å². The number of ether oxygens (including phenoxy) is 3. The summed E-state index contributed by atoms with van der Waals surface area (Å²) >= 11 is 1.84. The average molecular weight is 650 g/mol. The van der Waals surface area contributed by atoms with Gasteiger partial charge in [0.05, 0.1) is 42.0 Å². The Bertz CT molecular complexity index is 1670. The Morgan fingerprint density at radius 2 is 1.80 bits per heavy atom. The molecular weight excluding hydrogens is 623 g/mol. The number of hydrogen-bond donors (Lipinski definition) is 1. The molecule has 2 fully saturated rings. The number of amides is 3. The van der Waals surface area contributed by atoms with E-state index in [1.54, 1.807) is 30.0 Å². The first kappa shape index (κ1) is 30.2. The van der Waals surface area contributed by atoms with Gasteiger partial charge in [-0.2, -0.15) is 13.2 Å². The van der Waals surface area contributed by atoms with Crippen LogP contribution in [0, 0.1) is 5.92 Å². The topological polar surface area (TPSA) is 118 Å². The molecule has 2 aromatic carbocycles. The summed E-state index contributed by atoms with van der Waals surface area (Å²) in [7, 11) is 0. The third-order valence-corrected chi connectivity index (χ3v) is 10.0. The number of imide groups is 1. The van der Waals surface area contributed by atoms with Crippen molar-refractivity contribution >= 4 is 46.5 Å². The molecule has 2 saturated heterocycles. The highest BCUT2D eigenvalue weighted by atomic mass is 32.2. The summed E-state index contributed by atoms with van der Waals surface area (Å²) < 4.78 is 58.6. The number of morpholine rings is 1. The lowest BCUT2D eigenvalue weighted by Gasteiger charge is -2.30. The maximum atomic E-state index is 14.0. The van der Waals surface area contributed by atoms with Gasteiger partial charge in [-0.15, -0.1) is 0 Å². The van der Waals surface area contributed by atoms with Crippen LogP contribution in [0.1, 0.15) is 28.8 Å². The number of aromatic nitrogens is 1. The number of alkyl halides is 3. The van der Waals surface area contributed by atoms with Crippen molar-refractivity contribution in [3.05, 3.63) is 68.1 Å². The van der Waals surface area contributed by atoms with Crippen molar-refractivity contribution in [3.63, 3.8) is 0 Å². The largest absolute Gasteiger partial charge is 0.490 e. The monoisotopic (exact) mass is 649 g/mol. The first-order valence-electron chi connectivity index (χ1n) is 13.8. The van der Waals surface area contributed by atoms with E-state index in [0.29, 0.717) is 46.7 Å². The lowest BCUT2D eigenvalue weighted by atomic mass is 9.83. The van der Waals surface area contributed by atoms with Crippen LogP contribution in [0.4, 0.5) is 18.9 Å². The molecule has 3 aliphatic rings. The second kappa shape index (κ2) is 11.9. The standard InChI is InChI=1S/C29H26F3N3O7S2/c1-2-41-19-13-15(7-8-18(19)42-14-20(36)34-9-11-40-12-10-34)21-22-24(43-25-23(21)44-28(39)33-25)27(38)35(26(22)37)17-6-4-3-5-16(17)29(30,31)32/h3-8,13,21-22,24H,2,9-12,14H2,1H3,(H,33,39)/t21-,22?,24?/m1/s1. The Balaban J connectivity index is 1.36. The molecule has 232 valence electrons. The summed E-state index contributed by atoms with van der Waals surface area (Å²) in [5.41, 5.74) is -1.14. The highest BCUT2D eigenvalue weighted by molar-refractivity contribution is 8.00. The molecule has 3 atom stereocenters. The van der Waals surface area contributed by atoms with Crippen LogP contribution < -0.4 is 19.2 Å². The van der Waals surface area contributed by atoms with E-state index < -0.39 is 51.2 Å². The minimum absolute atomic E-state index is 0.219. The minimum Gasteiger partial charge on any atom is -0.490 e. The number of anilines is 1. The SMILES string of the molecule is CCOc1cc([C@H]2c3sc(=O)[nH]c3SC3C(=O)N(c4ccccc4C(F)(F)F)C(=O)C32)ccc1OCC(=O)N1CCOCC1. The predicted molar refractivity (Wildman–Crippen MR) is 154 cm³/mol. The van der Waals surface area contributed by atoms with Crippen LogP contribution in [0.15, 0.2) is 52.3 Å². The van der Waals surface area contributed by atoms with E-state index in [4.69, 9.17) is 14.2 Å². The molecular formula is C29H26F3N3O7S2. The number of benzene rings is 2. The predicted octanol–water partition coefficient (Wildman–Crippen LogP) is 3.89. The molecule has 4 heterocycles. The van der Waals surface area contributed by atoms with Gasteiger partial charge in [-0.05, 0) is 36.8 Å². The van der Waals surface area contributed by atoms with E-state index in [-0.39, 0.29) is 30.6 Å². The number of fused-ring (bicyclic) bond motifs is 2. The summed E-state index contributed by atoms with van der Waals surface area (Å²) in [6, 6.07) is 9.30. The molecule has 3 aliphatic heterocycles. The van der Waals surface area contributed by atoms with Crippen molar-refractivity contribution in [2.45, 2.75) is 29.3 Å². The van der Waals surface area contributed by atoms with E-state index in [1.165, 1.54) is 12.1 Å². The summed E-state index contributed by atoms with van der Waals surface area (Å²) in [6.45, 7) is 3.57. The van der Waals surface area contributed by atoms with E-state index in [2.05, 4.69) is 4.98 Å². The molecule has 1 aromatic heterocycles. The first-order valence-corrected chi connectivity index (χ1v) is 15.5. The number of carbonyl (C=O) groups excluding carboxylic acids is 3. The Morgan fingerprint density at radius 1 is 1.05 bits per heavy atom. The zero-order valence-corrected chi connectivity index (χ0v) is 24.9. The van der Waals surface area contributed by atoms with Crippen molar-refractivity contribution < 1.29 is 41.8 Å². The molecule has 0 spiro atoms. The second-order valence-electron chi connectivity index (χ2n) is 10.2. The smallest absolute Gasteiger partial charge is 0.418 e. The molecule has 2 unspecified atom stereocenters. The van der Waals surface area contributed by atoms with Gasteiger partial charge in [0.1, 0.15) is 5.25 Å². The number of para-hydroxylation sites is 1. The Hall–Kier alpha value is -3.82. The number of thiazole rings is 1. The molecule has 1 N–H and O–H groups in total. The van der Waals surface area contributed by atoms with E-state index >= 15 is 0 Å². The molecule has 0 saturated carbocycles. The third-order valence-electron chi connectivity index (χ3n) is 7.62. The van der Waals surface area contributed by atoms with Crippen LogP contribution in [0.2, 0.25) is 0 Å². The molecule has 3 amide bonds. The molecule has 0 bridgehead atoms. The van der Waals surface area contributed by atoms with Gasteiger partial charge in [0, 0.05) is 23.9 Å². The van der Waals surface area contributed by atoms with Gasteiger partial charge in [-0.1, -0.05) is 41.3 Å². The van der Waals surface area contributed by atoms with Gasteiger partial charge in [-0.25, -0.2) is 4.90 Å². The normalized spacial score (nSPS) is 21.7. The number of hydrogen-bond acceptors (Lipinski definition) is 9. The van der Waals surface area contributed by atoms with Crippen molar-refractivity contribution in [1.29, 1.82) is 0 Å². The van der Waals surface area contributed by atoms with Gasteiger partial charge in [0.2, 0.25) is 11.8 Å². The second-order valence-corrected chi connectivity index (χ2v) is 12.4. The number of rotatable bonds is 7. The maximum Gasteiger partial charge on any atom is 0.418 e. The highest BCUT2D eigenvalue weighted by Gasteiger charge is 2.57. The van der Waals surface area contributed by atoms with Crippen LogP contribution in [-0.4, -0.2) is 72.4 Å². The molecule has 6 rings (SSSR count). The van der Waals surface area contributed by atoms with Crippen LogP contribution in [0.25, 0.3) is 0 Å². The summed E-state index contributed by atoms with van der Waals surface area (Å²) in [4.78, 5) is 57.8. The molecule has 10 nitrogen and oxygen atoms in total. The summed E-state index contributed by atoms with van der Waals surface area (Å²) in [5, 5.41) is -0.697. The fourth-order valence-electron chi connectivity index (χ4n) is 5.67. The van der Waals surface area contributed by atoms with Crippen molar-refractivity contribution in [2.24, 2.45) is 5.92 Å². The minimum atomic E-state index is -4.80. The number of halogens is 3. The summed E-state index contributed by atoms with van der Waals surface area (Å²) in [5.74, 6) is -3.21. The van der Waals surface area contributed by atoms with Crippen LogP contribution in [-0.2, 0) is 25.3 Å². The van der Waals surface area contributed by atoms with Crippen molar-refractivity contribution in [2.75, 3.05) is 44.4 Å². The average Bonchev–Trinajstić information content (AvgIpc) is 3.50. The number of aromatic amines is 1. The first-order chi connectivity index (χ1) is 21.1. The lowest BCUT2D eigenvalue weighted by molar-refractivity contribution is -0.138. The van der Waals surface area contributed by atoms with Crippen LogP contribution in [0.3, 0.4) is 0 Å². The number of nitrogens with zero attached hydrogens (tertiary/aromatic N) is 2. The third kappa shape index (κ3) is 5.48. The molecule has 15 heteroatoms. The number of carbonyl (C=O) groups is 3. The van der Waals surface area contributed by atoms with Gasteiger partial charge >= 0.3 is 11.0 Å². The Kier molecular flexibility index (Phi) is 8.20. The molecule has 0 aliphatic carbocycles. The van der Waals surface area contributed by atoms with Crippen LogP contribution >= 0.6 is 23.1 Å². The fraction of sp³-hybridized carbons (Fsp3) is 0.379. The van der Waals surface area contributed by atoms with Gasteiger partial charge in [0.15, 0.2) is 18.1 Å². The molecule has 44 heavy (non-hydrogen) atoms. The van der Waals surface area contributed by atoms with Gasteiger partial charge in [0.25, 0.3) is 5.91 Å². The van der Waals surface area contributed by atoms with Gasteiger partial charge in [-0.3, -0.25) is 19.2 Å². The Labute approximate surface area is 257 Å². The van der Waals surface area contributed by atoms with E-state index in [1.807, 2.05) is 0 Å². The van der Waals surface area contributed by atoms with Crippen LogP contribution in [0.5, 0.6) is 11.5 Å². The Morgan fingerprint density at radius 3 is 2.52 bits per heavy atom. The van der Waals surface area contributed by atoms with E-state index in [9.17, 15) is 32.3 Å². The quantitative estimate of drug-likeness (QED) is 0.384.